The molecule has 1 atom stereocenters. The van der Waals surface area contributed by atoms with E-state index in [2.05, 4.69) is 30.2 Å². The summed E-state index contributed by atoms with van der Waals surface area (Å²) in [6.07, 6.45) is 8.34. The van der Waals surface area contributed by atoms with Crippen LogP contribution in [0.4, 0.5) is 0 Å². The zero-order valence-electron chi connectivity index (χ0n) is 10.8. The van der Waals surface area contributed by atoms with Crippen molar-refractivity contribution in [2.75, 3.05) is 7.05 Å². The number of nitrogens with zero attached hydrogens (tertiary/aromatic N) is 1. The van der Waals surface area contributed by atoms with Gasteiger partial charge in [-0.05, 0) is 32.0 Å². The van der Waals surface area contributed by atoms with Gasteiger partial charge >= 0.3 is 0 Å². The zero-order valence-corrected chi connectivity index (χ0v) is 10.8. The summed E-state index contributed by atoms with van der Waals surface area (Å²) in [4.78, 5) is 4.49. The molecule has 2 nitrogen and oxygen atoms in total. The highest BCUT2D eigenvalue weighted by atomic mass is 14.9. The summed E-state index contributed by atoms with van der Waals surface area (Å²) in [6, 6.07) is 4.56. The molecular formula is C14H24N2. The van der Waals surface area contributed by atoms with Crippen molar-refractivity contribution >= 4 is 0 Å². The van der Waals surface area contributed by atoms with E-state index in [-0.39, 0.29) is 0 Å². The second-order valence-electron chi connectivity index (χ2n) is 4.40. The highest BCUT2D eigenvalue weighted by Gasteiger charge is 2.11. The minimum Gasteiger partial charge on any atom is -0.312 e. The van der Waals surface area contributed by atoms with Gasteiger partial charge in [0.1, 0.15) is 0 Å². The third-order valence-electron chi connectivity index (χ3n) is 3.07. The molecule has 0 saturated heterocycles. The number of hydrogen-bond acceptors (Lipinski definition) is 2. The van der Waals surface area contributed by atoms with Crippen molar-refractivity contribution in [2.45, 2.75) is 52.0 Å². The van der Waals surface area contributed by atoms with Crippen molar-refractivity contribution in [1.29, 1.82) is 0 Å². The van der Waals surface area contributed by atoms with E-state index in [0.29, 0.717) is 6.04 Å². The minimum atomic E-state index is 0.415. The number of pyridine rings is 1. The Hall–Kier alpha value is -0.890. The van der Waals surface area contributed by atoms with E-state index >= 15 is 0 Å². The lowest BCUT2D eigenvalue weighted by Gasteiger charge is -2.17. The van der Waals surface area contributed by atoms with Crippen LogP contribution in [-0.4, -0.2) is 12.0 Å². The third-order valence-corrected chi connectivity index (χ3v) is 3.07. The van der Waals surface area contributed by atoms with Gasteiger partial charge in [-0.25, -0.2) is 0 Å². The molecule has 1 unspecified atom stereocenters. The van der Waals surface area contributed by atoms with Crippen molar-refractivity contribution in [3.8, 4) is 0 Å². The molecule has 1 aromatic heterocycles. The summed E-state index contributed by atoms with van der Waals surface area (Å²) >= 11 is 0. The highest BCUT2D eigenvalue weighted by molar-refractivity contribution is 5.20. The molecule has 1 N–H and O–H groups in total. The van der Waals surface area contributed by atoms with E-state index < -0.39 is 0 Å². The standard InChI is InChI=1S/C14H24N2/c1-4-5-6-7-10-13(15-3)14-12(2)9-8-11-16-14/h8-9,11,13,15H,4-7,10H2,1-3H3. The number of nitrogens with one attached hydrogen (secondary N) is 1. The van der Waals surface area contributed by atoms with Crippen LogP contribution in [0, 0.1) is 6.92 Å². The Morgan fingerprint density at radius 3 is 2.75 bits per heavy atom. The first-order chi connectivity index (χ1) is 7.79. The van der Waals surface area contributed by atoms with Gasteiger partial charge in [-0.15, -0.1) is 0 Å². The molecule has 0 bridgehead atoms. The summed E-state index contributed by atoms with van der Waals surface area (Å²) in [5.74, 6) is 0. The summed E-state index contributed by atoms with van der Waals surface area (Å²) in [6.45, 7) is 4.39. The monoisotopic (exact) mass is 220 g/mol. The van der Waals surface area contributed by atoms with Gasteiger partial charge in [0.05, 0.1) is 5.69 Å². The summed E-state index contributed by atoms with van der Waals surface area (Å²) in [5, 5.41) is 3.37. The number of hydrogen-bond donors (Lipinski definition) is 1. The Balaban J connectivity index is 2.51. The van der Waals surface area contributed by atoms with Crippen LogP contribution in [0.3, 0.4) is 0 Å². The Morgan fingerprint density at radius 1 is 1.31 bits per heavy atom. The van der Waals surface area contributed by atoms with Gasteiger partial charge in [0, 0.05) is 12.2 Å². The number of rotatable bonds is 7. The van der Waals surface area contributed by atoms with Gasteiger partial charge in [0.2, 0.25) is 0 Å². The van der Waals surface area contributed by atoms with Crippen LogP contribution < -0.4 is 5.32 Å². The van der Waals surface area contributed by atoms with Gasteiger partial charge in [0.15, 0.2) is 0 Å². The van der Waals surface area contributed by atoms with Crippen LogP contribution in [0.5, 0.6) is 0 Å². The van der Waals surface area contributed by atoms with Crippen LogP contribution in [0.15, 0.2) is 18.3 Å². The fraction of sp³-hybridized carbons (Fsp3) is 0.643. The fourth-order valence-electron chi connectivity index (χ4n) is 2.06. The number of unbranched alkanes of at least 4 members (excludes halogenated alkanes) is 3. The molecule has 0 radical (unpaired) electrons. The summed E-state index contributed by atoms with van der Waals surface area (Å²) < 4.78 is 0. The predicted molar refractivity (Wildman–Crippen MR) is 69.5 cm³/mol. The van der Waals surface area contributed by atoms with Crippen molar-refractivity contribution in [1.82, 2.24) is 10.3 Å². The first-order valence-corrected chi connectivity index (χ1v) is 6.38. The highest BCUT2D eigenvalue weighted by Crippen LogP contribution is 2.20. The summed E-state index contributed by atoms with van der Waals surface area (Å²) in [5.41, 5.74) is 2.50. The molecule has 0 aromatic carbocycles. The van der Waals surface area contributed by atoms with Crippen LogP contribution in [0.1, 0.15) is 56.3 Å². The molecule has 0 fully saturated rings. The van der Waals surface area contributed by atoms with Crippen molar-refractivity contribution in [3.05, 3.63) is 29.6 Å². The molecule has 1 heterocycles. The first kappa shape index (κ1) is 13.2. The average molecular weight is 220 g/mol. The van der Waals surface area contributed by atoms with Crippen molar-refractivity contribution in [2.24, 2.45) is 0 Å². The zero-order chi connectivity index (χ0) is 11.8. The van der Waals surface area contributed by atoms with E-state index in [4.69, 9.17) is 0 Å². The van der Waals surface area contributed by atoms with Gasteiger partial charge < -0.3 is 5.32 Å². The molecular weight excluding hydrogens is 196 g/mol. The maximum Gasteiger partial charge on any atom is 0.0602 e. The topological polar surface area (TPSA) is 24.9 Å². The Bertz CT molecular complexity index is 297. The molecule has 0 spiro atoms. The van der Waals surface area contributed by atoms with Crippen LogP contribution in [-0.2, 0) is 0 Å². The summed E-state index contributed by atoms with van der Waals surface area (Å²) in [7, 11) is 2.03. The van der Waals surface area contributed by atoms with Gasteiger partial charge in [0.25, 0.3) is 0 Å². The van der Waals surface area contributed by atoms with E-state index in [9.17, 15) is 0 Å². The predicted octanol–water partition coefficient (Wildman–Crippen LogP) is 3.62. The van der Waals surface area contributed by atoms with E-state index in [1.165, 1.54) is 43.4 Å². The molecule has 0 aliphatic rings. The molecule has 2 heteroatoms. The van der Waals surface area contributed by atoms with Crippen LogP contribution >= 0.6 is 0 Å². The third kappa shape index (κ3) is 3.93. The number of aromatic nitrogens is 1. The fourth-order valence-corrected chi connectivity index (χ4v) is 2.06. The second kappa shape index (κ2) is 7.39. The molecule has 90 valence electrons. The molecule has 0 amide bonds. The molecule has 0 saturated carbocycles. The lowest BCUT2D eigenvalue weighted by Crippen LogP contribution is -2.18. The van der Waals surface area contributed by atoms with Gasteiger partial charge in [-0.1, -0.05) is 38.7 Å². The Morgan fingerprint density at radius 2 is 2.12 bits per heavy atom. The maximum absolute atomic E-state index is 4.49. The van der Waals surface area contributed by atoms with E-state index in [1.807, 2.05) is 19.3 Å². The molecule has 0 aliphatic carbocycles. The van der Waals surface area contributed by atoms with Crippen molar-refractivity contribution in [3.63, 3.8) is 0 Å². The smallest absolute Gasteiger partial charge is 0.0602 e. The van der Waals surface area contributed by atoms with Crippen molar-refractivity contribution < 1.29 is 0 Å². The normalized spacial score (nSPS) is 12.7. The second-order valence-corrected chi connectivity index (χ2v) is 4.40. The van der Waals surface area contributed by atoms with Crippen LogP contribution in [0.25, 0.3) is 0 Å². The largest absolute Gasteiger partial charge is 0.312 e. The van der Waals surface area contributed by atoms with Gasteiger partial charge in [-0.2, -0.15) is 0 Å². The molecule has 1 aromatic rings. The van der Waals surface area contributed by atoms with E-state index in [1.54, 1.807) is 0 Å². The molecule has 0 aliphatic heterocycles. The van der Waals surface area contributed by atoms with Crippen LogP contribution in [0.2, 0.25) is 0 Å². The SMILES string of the molecule is CCCCCCC(NC)c1ncccc1C. The lowest BCUT2D eigenvalue weighted by molar-refractivity contribution is 0.493. The molecule has 1 rings (SSSR count). The Labute approximate surface area is 99.5 Å². The quantitative estimate of drug-likeness (QED) is 0.710. The average Bonchev–Trinajstić information content (AvgIpc) is 2.31. The Kier molecular flexibility index (Phi) is 6.09. The van der Waals surface area contributed by atoms with E-state index in [0.717, 1.165) is 0 Å². The maximum atomic E-state index is 4.49. The minimum absolute atomic E-state index is 0.415. The lowest BCUT2D eigenvalue weighted by atomic mass is 10.0. The number of aryl methyl sites for hydroxylation is 1. The molecule has 16 heavy (non-hydrogen) atoms. The first-order valence-electron chi connectivity index (χ1n) is 6.38. The van der Waals surface area contributed by atoms with Gasteiger partial charge in [-0.3, -0.25) is 4.98 Å².